The topological polar surface area (TPSA) is 85.3 Å². The molecule has 0 saturated heterocycles. The summed E-state index contributed by atoms with van der Waals surface area (Å²) in [5, 5.41) is 14.8. The molecule has 1 aliphatic heterocycles. The van der Waals surface area contributed by atoms with Crippen LogP contribution in [-0.2, 0) is 13.5 Å². The molecule has 1 aromatic carbocycles. The SMILES string of the molecule is Cn1c(CC2CC=NN2)nc2ccc([N+](=O)[O-])cc21. The number of nitrogens with zero attached hydrogens (tertiary/aromatic N) is 4. The normalized spacial score (nSPS) is 17.8. The van der Waals surface area contributed by atoms with Gasteiger partial charge in [0.25, 0.3) is 5.69 Å². The molecule has 1 aliphatic rings. The lowest BCUT2D eigenvalue weighted by atomic mass is 10.1. The Bertz CT molecular complexity index is 668. The number of hydrogen-bond acceptors (Lipinski definition) is 5. The summed E-state index contributed by atoms with van der Waals surface area (Å²) in [6.45, 7) is 0. The van der Waals surface area contributed by atoms with Crippen LogP contribution in [0.2, 0.25) is 0 Å². The Hall–Kier alpha value is -2.44. The van der Waals surface area contributed by atoms with Gasteiger partial charge in [0.15, 0.2) is 0 Å². The van der Waals surface area contributed by atoms with E-state index in [-0.39, 0.29) is 11.7 Å². The zero-order valence-electron chi connectivity index (χ0n) is 10.4. The van der Waals surface area contributed by atoms with Crippen LogP contribution in [0.4, 0.5) is 5.69 Å². The van der Waals surface area contributed by atoms with E-state index >= 15 is 0 Å². The Kier molecular flexibility index (Phi) is 2.66. The van der Waals surface area contributed by atoms with Crippen molar-refractivity contribution in [3.8, 4) is 0 Å². The highest BCUT2D eigenvalue weighted by Gasteiger charge is 2.17. The summed E-state index contributed by atoms with van der Waals surface area (Å²) < 4.78 is 1.91. The number of non-ortho nitro benzene ring substituents is 1. The van der Waals surface area contributed by atoms with Gasteiger partial charge < -0.3 is 9.99 Å². The second kappa shape index (κ2) is 4.34. The number of nitro benzene ring substituents is 1. The van der Waals surface area contributed by atoms with Crippen LogP contribution in [-0.4, -0.2) is 26.7 Å². The summed E-state index contributed by atoms with van der Waals surface area (Å²) in [7, 11) is 1.88. The molecule has 0 amide bonds. The molecular formula is C12H13N5O2. The van der Waals surface area contributed by atoms with Gasteiger partial charge in [-0.2, -0.15) is 5.10 Å². The summed E-state index contributed by atoms with van der Waals surface area (Å²) in [5.74, 6) is 0.901. The molecule has 0 fully saturated rings. The second-order valence-electron chi connectivity index (χ2n) is 4.59. The lowest BCUT2D eigenvalue weighted by Gasteiger charge is -2.08. The van der Waals surface area contributed by atoms with Gasteiger partial charge in [0.2, 0.25) is 0 Å². The smallest absolute Gasteiger partial charge is 0.271 e. The Balaban J connectivity index is 1.97. The molecule has 0 aliphatic carbocycles. The van der Waals surface area contributed by atoms with E-state index in [1.165, 1.54) is 6.07 Å². The van der Waals surface area contributed by atoms with Crippen molar-refractivity contribution >= 4 is 22.9 Å². The van der Waals surface area contributed by atoms with Crippen LogP contribution in [0.5, 0.6) is 0 Å². The number of fused-ring (bicyclic) bond motifs is 1. The maximum Gasteiger partial charge on any atom is 0.271 e. The molecule has 1 N–H and O–H groups in total. The summed E-state index contributed by atoms with van der Waals surface area (Å²) in [6.07, 6.45) is 3.47. The third-order valence-corrected chi connectivity index (χ3v) is 3.34. The van der Waals surface area contributed by atoms with E-state index in [2.05, 4.69) is 15.5 Å². The molecule has 7 heteroatoms. The van der Waals surface area contributed by atoms with Crippen molar-refractivity contribution in [3.63, 3.8) is 0 Å². The molecule has 3 rings (SSSR count). The van der Waals surface area contributed by atoms with Crippen molar-refractivity contribution in [2.45, 2.75) is 18.9 Å². The van der Waals surface area contributed by atoms with Crippen LogP contribution >= 0.6 is 0 Å². The van der Waals surface area contributed by atoms with Gasteiger partial charge in [-0.15, -0.1) is 0 Å². The van der Waals surface area contributed by atoms with Crippen LogP contribution in [0.25, 0.3) is 11.0 Å². The van der Waals surface area contributed by atoms with Gasteiger partial charge >= 0.3 is 0 Å². The number of imidazole rings is 1. The monoisotopic (exact) mass is 259 g/mol. The fraction of sp³-hybridized carbons (Fsp3) is 0.333. The minimum absolute atomic E-state index is 0.0874. The van der Waals surface area contributed by atoms with E-state index in [1.54, 1.807) is 12.1 Å². The summed E-state index contributed by atoms with van der Waals surface area (Å²) in [5.41, 5.74) is 4.66. The van der Waals surface area contributed by atoms with Crippen molar-refractivity contribution in [1.29, 1.82) is 0 Å². The summed E-state index contributed by atoms with van der Waals surface area (Å²) in [4.78, 5) is 14.9. The number of hydrogen-bond donors (Lipinski definition) is 1. The number of nitro groups is 1. The summed E-state index contributed by atoms with van der Waals surface area (Å²) >= 11 is 0. The van der Waals surface area contributed by atoms with Crippen LogP contribution in [0, 0.1) is 10.1 Å². The number of hydrazone groups is 1. The van der Waals surface area contributed by atoms with Crippen LogP contribution in [0.3, 0.4) is 0 Å². The fourth-order valence-electron chi connectivity index (χ4n) is 2.26. The molecule has 2 heterocycles. The van der Waals surface area contributed by atoms with Crippen LogP contribution < -0.4 is 5.43 Å². The first-order valence-electron chi connectivity index (χ1n) is 6.02. The van der Waals surface area contributed by atoms with Gasteiger partial charge in [-0.25, -0.2) is 4.98 Å². The average molecular weight is 259 g/mol. The van der Waals surface area contributed by atoms with Gasteiger partial charge in [0.05, 0.1) is 22.0 Å². The number of aryl methyl sites for hydroxylation is 1. The highest BCUT2D eigenvalue weighted by molar-refractivity contribution is 5.78. The molecule has 0 spiro atoms. The molecule has 7 nitrogen and oxygen atoms in total. The van der Waals surface area contributed by atoms with Crippen LogP contribution in [0.15, 0.2) is 23.3 Å². The molecule has 98 valence electrons. The number of benzene rings is 1. The summed E-state index contributed by atoms with van der Waals surface area (Å²) in [6, 6.07) is 4.99. The van der Waals surface area contributed by atoms with Gasteiger partial charge in [0, 0.05) is 38.2 Å². The van der Waals surface area contributed by atoms with Gasteiger partial charge in [-0.3, -0.25) is 10.1 Å². The molecule has 1 atom stereocenters. The largest absolute Gasteiger partial charge is 0.331 e. The molecule has 2 aromatic rings. The van der Waals surface area contributed by atoms with Crippen molar-refractivity contribution in [1.82, 2.24) is 15.0 Å². The Labute approximate surface area is 109 Å². The quantitative estimate of drug-likeness (QED) is 0.666. The minimum Gasteiger partial charge on any atom is -0.331 e. The van der Waals surface area contributed by atoms with Gasteiger partial charge in [-0.1, -0.05) is 0 Å². The van der Waals surface area contributed by atoms with Crippen molar-refractivity contribution < 1.29 is 4.92 Å². The number of aromatic nitrogens is 2. The molecule has 1 unspecified atom stereocenters. The van der Waals surface area contributed by atoms with Crippen molar-refractivity contribution in [2.24, 2.45) is 12.1 Å². The predicted octanol–water partition coefficient (Wildman–Crippen LogP) is 1.37. The van der Waals surface area contributed by atoms with Crippen LogP contribution in [0.1, 0.15) is 12.2 Å². The molecule has 0 radical (unpaired) electrons. The molecule has 0 saturated carbocycles. The Morgan fingerprint density at radius 1 is 1.58 bits per heavy atom. The molecule has 1 aromatic heterocycles. The zero-order chi connectivity index (χ0) is 13.4. The lowest BCUT2D eigenvalue weighted by molar-refractivity contribution is -0.384. The molecular weight excluding hydrogens is 246 g/mol. The van der Waals surface area contributed by atoms with E-state index in [0.717, 1.165) is 29.7 Å². The van der Waals surface area contributed by atoms with Crippen molar-refractivity contribution in [3.05, 3.63) is 34.1 Å². The van der Waals surface area contributed by atoms with E-state index in [0.29, 0.717) is 0 Å². The lowest BCUT2D eigenvalue weighted by Crippen LogP contribution is -2.23. The predicted molar refractivity (Wildman–Crippen MR) is 71.1 cm³/mol. The van der Waals surface area contributed by atoms with Gasteiger partial charge in [-0.05, 0) is 6.07 Å². The molecule has 19 heavy (non-hydrogen) atoms. The van der Waals surface area contributed by atoms with E-state index in [4.69, 9.17) is 0 Å². The van der Waals surface area contributed by atoms with E-state index < -0.39 is 4.92 Å². The standard InChI is InChI=1S/C12H13N5O2/c1-16-11-7-9(17(18)19)2-3-10(11)14-12(16)6-8-4-5-13-15-8/h2-3,5,7-8,15H,4,6H2,1H3. The van der Waals surface area contributed by atoms with Gasteiger partial charge in [0.1, 0.15) is 5.82 Å². The maximum atomic E-state index is 10.8. The fourth-order valence-corrected chi connectivity index (χ4v) is 2.26. The minimum atomic E-state index is -0.390. The Morgan fingerprint density at radius 2 is 2.42 bits per heavy atom. The first-order valence-corrected chi connectivity index (χ1v) is 6.02. The third-order valence-electron chi connectivity index (χ3n) is 3.34. The zero-order valence-corrected chi connectivity index (χ0v) is 10.4. The molecule has 0 bridgehead atoms. The first-order chi connectivity index (χ1) is 9.15. The first kappa shape index (κ1) is 11.6. The second-order valence-corrected chi connectivity index (χ2v) is 4.59. The number of nitrogens with one attached hydrogen (secondary N) is 1. The van der Waals surface area contributed by atoms with Crippen molar-refractivity contribution in [2.75, 3.05) is 0 Å². The highest BCUT2D eigenvalue weighted by atomic mass is 16.6. The average Bonchev–Trinajstić information content (AvgIpc) is 2.99. The van der Waals surface area contributed by atoms with E-state index in [1.807, 2.05) is 17.8 Å². The third kappa shape index (κ3) is 2.03. The Morgan fingerprint density at radius 3 is 3.11 bits per heavy atom. The van der Waals surface area contributed by atoms with E-state index in [9.17, 15) is 10.1 Å². The highest BCUT2D eigenvalue weighted by Crippen LogP contribution is 2.22. The maximum absolute atomic E-state index is 10.8. The number of rotatable bonds is 3.